The second-order valence-corrected chi connectivity index (χ2v) is 5.26. The van der Waals surface area contributed by atoms with Crippen LogP contribution in [0.15, 0.2) is 85.2 Å². The van der Waals surface area contributed by atoms with Gasteiger partial charge in [-0.1, -0.05) is 60.7 Å². The van der Waals surface area contributed by atoms with Gasteiger partial charge in [0.15, 0.2) is 11.6 Å². The molecule has 0 saturated heterocycles. The molecule has 0 aliphatic rings. The molecule has 114 valence electrons. The van der Waals surface area contributed by atoms with E-state index in [1.165, 1.54) is 0 Å². The first kappa shape index (κ1) is 14.2. The van der Waals surface area contributed by atoms with Gasteiger partial charge in [-0.25, -0.2) is 19.9 Å². The van der Waals surface area contributed by atoms with E-state index in [1.807, 2.05) is 72.8 Å². The minimum Gasteiger partial charge on any atom is -0.234 e. The summed E-state index contributed by atoms with van der Waals surface area (Å²) in [6.45, 7) is 0. The molecule has 0 spiro atoms. The van der Waals surface area contributed by atoms with Gasteiger partial charge in [0.1, 0.15) is 0 Å². The molecule has 2 aromatic carbocycles. The maximum Gasteiger partial charge on any atom is 0.198 e. The molecule has 0 bridgehead atoms. The van der Waals surface area contributed by atoms with Crippen molar-refractivity contribution in [3.63, 3.8) is 0 Å². The summed E-state index contributed by atoms with van der Waals surface area (Å²) in [4.78, 5) is 17.9. The van der Waals surface area contributed by atoms with Gasteiger partial charge < -0.3 is 0 Å². The summed E-state index contributed by atoms with van der Waals surface area (Å²) >= 11 is 0. The van der Waals surface area contributed by atoms with Crippen molar-refractivity contribution >= 4 is 0 Å². The van der Waals surface area contributed by atoms with Crippen LogP contribution in [-0.2, 0) is 0 Å². The lowest BCUT2D eigenvalue weighted by atomic mass is 10.1. The lowest BCUT2D eigenvalue weighted by Gasteiger charge is -2.05. The van der Waals surface area contributed by atoms with Gasteiger partial charge in [-0.15, -0.1) is 0 Å². The summed E-state index contributed by atoms with van der Waals surface area (Å²) in [5, 5.41) is 0. The number of hydrogen-bond acceptors (Lipinski definition) is 4. The van der Waals surface area contributed by atoms with Crippen molar-refractivity contribution in [1.82, 2.24) is 19.9 Å². The Balaban J connectivity index is 1.75. The zero-order valence-corrected chi connectivity index (χ0v) is 12.9. The molecule has 4 aromatic rings. The zero-order valence-electron chi connectivity index (χ0n) is 12.9. The Morgan fingerprint density at radius 2 is 0.875 bits per heavy atom. The number of benzene rings is 2. The highest BCUT2D eigenvalue weighted by atomic mass is 15.0. The zero-order chi connectivity index (χ0) is 16.2. The number of nitrogens with zero attached hydrogens (tertiary/aromatic N) is 4. The largest absolute Gasteiger partial charge is 0.234 e. The fraction of sp³-hybridized carbons (Fsp3) is 0. The SMILES string of the molecule is c1ccc(-c2ccnc(-c3nccc(-c4ccccc4)n3)n2)cc1. The minimum absolute atomic E-state index is 0.522. The molecule has 0 fully saturated rings. The van der Waals surface area contributed by atoms with Crippen LogP contribution in [0.1, 0.15) is 0 Å². The molecule has 0 saturated carbocycles. The molecule has 4 heteroatoms. The first-order chi connectivity index (χ1) is 11.9. The van der Waals surface area contributed by atoms with Crippen LogP contribution in [0.3, 0.4) is 0 Å². The van der Waals surface area contributed by atoms with Crippen molar-refractivity contribution in [2.45, 2.75) is 0 Å². The third-order valence-electron chi connectivity index (χ3n) is 3.65. The third kappa shape index (κ3) is 2.90. The summed E-state index contributed by atoms with van der Waals surface area (Å²) in [6.07, 6.45) is 3.48. The molecule has 24 heavy (non-hydrogen) atoms. The highest BCUT2D eigenvalue weighted by molar-refractivity contribution is 5.63. The van der Waals surface area contributed by atoms with E-state index < -0.39 is 0 Å². The molecule has 2 aromatic heterocycles. The Morgan fingerprint density at radius 1 is 0.458 bits per heavy atom. The van der Waals surface area contributed by atoms with Gasteiger partial charge in [0, 0.05) is 23.5 Å². The Labute approximate surface area is 139 Å². The number of rotatable bonds is 3. The molecule has 0 aliphatic heterocycles. The molecule has 0 aliphatic carbocycles. The van der Waals surface area contributed by atoms with Gasteiger partial charge in [-0.2, -0.15) is 0 Å². The van der Waals surface area contributed by atoms with Crippen molar-refractivity contribution in [2.75, 3.05) is 0 Å². The monoisotopic (exact) mass is 310 g/mol. The molecule has 0 N–H and O–H groups in total. The molecule has 2 heterocycles. The van der Waals surface area contributed by atoms with E-state index in [0.717, 1.165) is 22.5 Å². The predicted octanol–water partition coefficient (Wildman–Crippen LogP) is 4.27. The molecule has 4 nitrogen and oxygen atoms in total. The normalized spacial score (nSPS) is 10.5. The third-order valence-corrected chi connectivity index (χ3v) is 3.65. The van der Waals surface area contributed by atoms with Gasteiger partial charge in [0.25, 0.3) is 0 Å². The Hall–Kier alpha value is -3.40. The van der Waals surface area contributed by atoms with E-state index in [-0.39, 0.29) is 0 Å². The minimum atomic E-state index is 0.522. The van der Waals surface area contributed by atoms with Gasteiger partial charge in [0.2, 0.25) is 0 Å². The first-order valence-corrected chi connectivity index (χ1v) is 7.67. The highest BCUT2D eigenvalue weighted by Gasteiger charge is 2.09. The van der Waals surface area contributed by atoms with Crippen LogP contribution in [-0.4, -0.2) is 19.9 Å². The molecular formula is C20H14N4. The van der Waals surface area contributed by atoms with Crippen LogP contribution in [0, 0.1) is 0 Å². The second kappa shape index (κ2) is 6.38. The summed E-state index contributed by atoms with van der Waals surface area (Å²) in [7, 11) is 0. The fourth-order valence-corrected chi connectivity index (χ4v) is 2.47. The maximum absolute atomic E-state index is 4.61. The molecular weight excluding hydrogens is 296 g/mol. The highest BCUT2D eigenvalue weighted by Crippen LogP contribution is 2.21. The molecule has 0 radical (unpaired) electrons. The van der Waals surface area contributed by atoms with Gasteiger partial charge >= 0.3 is 0 Å². The number of hydrogen-bond donors (Lipinski definition) is 0. The fourth-order valence-electron chi connectivity index (χ4n) is 2.47. The van der Waals surface area contributed by atoms with Crippen molar-refractivity contribution in [3.8, 4) is 34.2 Å². The summed E-state index contributed by atoms with van der Waals surface area (Å²) in [5.41, 5.74) is 3.80. The van der Waals surface area contributed by atoms with Crippen molar-refractivity contribution < 1.29 is 0 Å². The average Bonchev–Trinajstić information content (AvgIpc) is 2.70. The topological polar surface area (TPSA) is 51.6 Å². The van der Waals surface area contributed by atoms with E-state index in [2.05, 4.69) is 19.9 Å². The maximum atomic E-state index is 4.61. The summed E-state index contributed by atoms with van der Waals surface area (Å²) < 4.78 is 0. The van der Waals surface area contributed by atoms with E-state index >= 15 is 0 Å². The second-order valence-electron chi connectivity index (χ2n) is 5.26. The summed E-state index contributed by atoms with van der Waals surface area (Å²) in [6, 6.07) is 23.8. The van der Waals surface area contributed by atoms with E-state index in [4.69, 9.17) is 0 Å². The standard InChI is InChI=1S/C20H14N4/c1-3-7-15(8-4-1)17-11-13-21-19(23-17)20-22-14-12-18(24-20)16-9-5-2-6-10-16/h1-14H. The van der Waals surface area contributed by atoms with Crippen LogP contribution in [0.2, 0.25) is 0 Å². The molecule has 0 unspecified atom stereocenters. The van der Waals surface area contributed by atoms with E-state index in [1.54, 1.807) is 12.4 Å². The summed E-state index contributed by atoms with van der Waals surface area (Å²) in [5.74, 6) is 1.04. The van der Waals surface area contributed by atoms with Crippen LogP contribution >= 0.6 is 0 Å². The van der Waals surface area contributed by atoms with Gasteiger partial charge in [-0.05, 0) is 12.1 Å². The van der Waals surface area contributed by atoms with Gasteiger partial charge in [0.05, 0.1) is 11.4 Å². The van der Waals surface area contributed by atoms with Crippen LogP contribution in [0.25, 0.3) is 34.2 Å². The Bertz CT molecular complexity index is 872. The molecule has 0 atom stereocenters. The lowest BCUT2D eigenvalue weighted by Crippen LogP contribution is -1.97. The van der Waals surface area contributed by atoms with Crippen molar-refractivity contribution in [1.29, 1.82) is 0 Å². The van der Waals surface area contributed by atoms with Crippen LogP contribution in [0.4, 0.5) is 0 Å². The Morgan fingerprint density at radius 3 is 1.29 bits per heavy atom. The first-order valence-electron chi connectivity index (χ1n) is 7.67. The lowest BCUT2D eigenvalue weighted by molar-refractivity contribution is 1.08. The van der Waals surface area contributed by atoms with E-state index in [0.29, 0.717) is 11.6 Å². The predicted molar refractivity (Wildman–Crippen MR) is 93.9 cm³/mol. The average molecular weight is 310 g/mol. The number of aromatic nitrogens is 4. The van der Waals surface area contributed by atoms with Crippen LogP contribution < -0.4 is 0 Å². The van der Waals surface area contributed by atoms with E-state index in [9.17, 15) is 0 Å². The molecule has 0 amide bonds. The Kier molecular flexibility index (Phi) is 3.78. The van der Waals surface area contributed by atoms with Crippen LogP contribution in [0.5, 0.6) is 0 Å². The smallest absolute Gasteiger partial charge is 0.198 e. The molecule has 4 rings (SSSR count). The van der Waals surface area contributed by atoms with Crippen molar-refractivity contribution in [3.05, 3.63) is 85.2 Å². The quantitative estimate of drug-likeness (QED) is 0.567. The van der Waals surface area contributed by atoms with Crippen molar-refractivity contribution in [2.24, 2.45) is 0 Å². The van der Waals surface area contributed by atoms with Gasteiger partial charge in [-0.3, -0.25) is 0 Å².